The Morgan fingerprint density at radius 3 is 2.71 bits per heavy atom. The second-order valence-corrected chi connectivity index (χ2v) is 5.22. The van der Waals surface area contributed by atoms with E-state index in [1.54, 1.807) is 0 Å². The molecule has 3 N–H and O–H groups in total. The Morgan fingerprint density at radius 1 is 1.29 bits per heavy atom. The zero-order chi connectivity index (χ0) is 12.7. The molecule has 1 rings (SSSR count). The molecule has 0 unspecified atom stereocenters. The first kappa shape index (κ1) is 14.1. The Hall–Kier alpha value is -0.970. The van der Waals surface area contributed by atoms with Crippen LogP contribution in [0.25, 0.3) is 0 Å². The van der Waals surface area contributed by atoms with Crippen molar-refractivity contribution in [3.8, 4) is 0 Å². The number of nitrogens with zero attached hydrogens (tertiary/aromatic N) is 2. The molecule has 0 atom stereocenters. The molecule has 0 saturated carbocycles. The van der Waals surface area contributed by atoms with Crippen LogP contribution >= 0.6 is 11.8 Å². The molecule has 1 heterocycles. The number of aromatic nitrogens is 2. The number of anilines is 2. The quantitative estimate of drug-likeness (QED) is 0.732. The van der Waals surface area contributed by atoms with Gasteiger partial charge in [-0.3, -0.25) is 0 Å². The molecule has 0 fully saturated rings. The van der Waals surface area contributed by atoms with Crippen molar-refractivity contribution in [2.75, 3.05) is 29.1 Å². The molecular formula is C12H22N4S. The Morgan fingerprint density at radius 2 is 2.06 bits per heavy atom. The number of aryl methyl sites for hydroxylation is 1. The molecule has 0 aliphatic carbocycles. The number of rotatable bonds is 7. The van der Waals surface area contributed by atoms with Gasteiger partial charge in [0.1, 0.15) is 17.5 Å². The summed E-state index contributed by atoms with van der Waals surface area (Å²) in [6, 6.07) is 0. The van der Waals surface area contributed by atoms with Gasteiger partial charge in [0, 0.05) is 18.5 Å². The van der Waals surface area contributed by atoms with Gasteiger partial charge in [-0.2, -0.15) is 11.8 Å². The molecule has 0 radical (unpaired) electrons. The Labute approximate surface area is 108 Å². The molecule has 0 spiro atoms. The molecular weight excluding hydrogens is 232 g/mol. The van der Waals surface area contributed by atoms with E-state index in [0.717, 1.165) is 36.6 Å². The summed E-state index contributed by atoms with van der Waals surface area (Å²) in [4.78, 5) is 8.69. The Balaban J connectivity index is 2.54. The average molecular weight is 254 g/mol. The van der Waals surface area contributed by atoms with Gasteiger partial charge < -0.3 is 11.1 Å². The molecule has 1 aromatic heterocycles. The number of thioether (sulfide) groups is 1. The van der Waals surface area contributed by atoms with E-state index in [4.69, 9.17) is 5.73 Å². The topological polar surface area (TPSA) is 63.8 Å². The van der Waals surface area contributed by atoms with Crippen LogP contribution in [0.5, 0.6) is 0 Å². The van der Waals surface area contributed by atoms with Crippen molar-refractivity contribution in [1.82, 2.24) is 9.97 Å². The molecule has 17 heavy (non-hydrogen) atoms. The van der Waals surface area contributed by atoms with Gasteiger partial charge in [-0.25, -0.2) is 9.97 Å². The van der Waals surface area contributed by atoms with Crippen LogP contribution in [0.2, 0.25) is 0 Å². The maximum absolute atomic E-state index is 5.85. The lowest BCUT2D eigenvalue weighted by molar-refractivity contribution is 0.915. The van der Waals surface area contributed by atoms with Gasteiger partial charge in [-0.15, -0.1) is 0 Å². The second kappa shape index (κ2) is 7.37. The number of nitrogen functional groups attached to an aromatic ring is 1. The summed E-state index contributed by atoms with van der Waals surface area (Å²) in [5.74, 6) is 4.64. The number of hydrogen-bond donors (Lipinski definition) is 2. The average Bonchev–Trinajstić information content (AvgIpc) is 2.33. The SMILES string of the molecule is CCSCCCNc1nc(CC)nc(N)c1C. The molecule has 0 aliphatic rings. The van der Waals surface area contributed by atoms with Crippen molar-refractivity contribution < 1.29 is 0 Å². The number of nitrogens with two attached hydrogens (primary N) is 1. The molecule has 0 amide bonds. The molecule has 0 aromatic carbocycles. The lowest BCUT2D eigenvalue weighted by Crippen LogP contribution is -2.10. The van der Waals surface area contributed by atoms with E-state index < -0.39 is 0 Å². The van der Waals surface area contributed by atoms with Gasteiger partial charge in [0.15, 0.2) is 0 Å². The summed E-state index contributed by atoms with van der Waals surface area (Å²) in [5, 5.41) is 3.34. The minimum absolute atomic E-state index is 0.585. The van der Waals surface area contributed by atoms with Crippen LogP contribution in [0.1, 0.15) is 31.7 Å². The summed E-state index contributed by atoms with van der Waals surface area (Å²) in [6.45, 7) is 7.11. The van der Waals surface area contributed by atoms with Crippen molar-refractivity contribution in [3.05, 3.63) is 11.4 Å². The predicted molar refractivity (Wildman–Crippen MR) is 76.7 cm³/mol. The van der Waals surface area contributed by atoms with E-state index in [1.165, 1.54) is 11.5 Å². The van der Waals surface area contributed by atoms with Gasteiger partial charge in [0.05, 0.1) is 0 Å². The first-order valence-corrected chi connectivity index (χ1v) is 7.29. The summed E-state index contributed by atoms with van der Waals surface area (Å²) >= 11 is 1.96. The van der Waals surface area contributed by atoms with E-state index in [1.807, 2.05) is 25.6 Å². The van der Waals surface area contributed by atoms with Gasteiger partial charge in [0.25, 0.3) is 0 Å². The summed E-state index contributed by atoms with van der Waals surface area (Å²) < 4.78 is 0. The van der Waals surface area contributed by atoms with E-state index in [0.29, 0.717) is 5.82 Å². The fourth-order valence-electron chi connectivity index (χ4n) is 1.44. The van der Waals surface area contributed by atoms with Gasteiger partial charge in [0.2, 0.25) is 0 Å². The maximum Gasteiger partial charge on any atom is 0.134 e. The van der Waals surface area contributed by atoms with Crippen LogP contribution in [0, 0.1) is 6.92 Å². The van der Waals surface area contributed by atoms with E-state index in [9.17, 15) is 0 Å². The van der Waals surface area contributed by atoms with Crippen molar-refractivity contribution in [2.24, 2.45) is 0 Å². The monoisotopic (exact) mass is 254 g/mol. The summed E-state index contributed by atoms with van der Waals surface area (Å²) in [5.41, 5.74) is 6.80. The lowest BCUT2D eigenvalue weighted by atomic mass is 10.3. The fraction of sp³-hybridized carbons (Fsp3) is 0.667. The molecule has 1 aromatic rings. The van der Waals surface area contributed by atoms with Crippen molar-refractivity contribution in [3.63, 3.8) is 0 Å². The number of hydrogen-bond acceptors (Lipinski definition) is 5. The molecule has 5 heteroatoms. The fourth-order valence-corrected chi connectivity index (χ4v) is 2.07. The third-order valence-corrected chi connectivity index (χ3v) is 3.49. The van der Waals surface area contributed by atoms with E-state index >= 15 is 0 Å². The highest BCUT2D eigenvalue weighted by molar-refractivity contribution is 7.99. The maximum atomic E-state index is 5.85. The molecule has 4 nitrogen and oxygen atoms in total. The van der Waals surface area contributed by atoms with Gasteiger partial charge in [-0.1, -0.05) is 13.8 Å². The Kier molecular flexibility index (Phi) is 6.11. The standard InChI is InChI=1S/C12H22N4S/c1-4-10-15-11(13)9(3)12(16-10)14-7-6-8-17-5-2/h4-8H2,1-3H3,(H3,13,14,15,16). The molecule has 96 valence electrons. The van der Waals surface area contributed by atoms with Crippen LogP contribution < -0.4 is 11.1 Å². The van der Waals surface area contributed by atoms with Crippen molar-refractivity contribution in [2.45, 2.75) is 33.6 Å². The molecule has 0 saturated heterocycles. The van der Waals surface area contributed by atoms with Crippen molar-refractivity contribution in [1.29, 1.82) is 0 Å². The molecule has 0 bridgehead atoms. The van der Waals surface area contributed by atoms with E-state index in [-0.39, 0.29) is 0 Å². The third kappa shape index (κ3) is 4.42. The minimum atomic E-state index is 0.585. The lowest BCUT2D eigenvalue weighted by Gasteiger charge is -2.11. The summed E-state index contributed by atoms with van der Waals surface area (Å²) in [7, 11) is 0. The highest BCUT2D eigenvalue weighted by Crippen LogP contribution is 2.17. The highest BCUT2D eigenvalue weighted by Gasteiger charge is 2.06. The predicted octanol–water partition coefficient (Wildman–Crippen LogP) is 2.48. The minimum Gasteiger partial charge on any atom is -0.383 e. The van der Waals surface area contributed by atoms with Gasteiger partial charge in [-0.05, 0) is 24.9 Å². The normalized spacial score (nSPS) is 10.5. The van der Waals surface area contributed by atoms with Crippen LogP contribution in [0.4, 0.5) is 11.6 Å². The third-order valence-electron chi connectivity index (χ3n) is 2.51. The van der Waals surface area contributed by atoms with Crippen LogP contribution in [0.15, 0.2) is 0 Å². The molecule has 0 aliphatic heterocycles. The smallest absolute Gasteiger partial charge is 0.134 e. The largest absolute Gasteiger partial charge is 0.383 e. The zero-order valence-electron chi connectivity index (χ0n) is 10.9. The first-order chi connectivity index (χ1) is 8.19. The summed E-state index contributed by atoms with van der Waals surface area (Å²) in [6.07, 6.45) is 1.95. The second-order valence-electron chi connectivity index (χ2n) is 3.83. The van der Waals surface area contributed by atoms with Crippen molar-refractivity contribution >= 4 is 23.4 Å². The number of nitrogens with one attached hydrogen (secondary N) is 1. The van der Waals surface area contributed by atoms with E-state index in [2.05, 4.69) is 22.2 Å². The van der Waals surface area contributed by atoms with Crippen LogP contribution in [-0.2, 0) is 6.42 Å². The highest BCUT2D eigenvalue weighted by atomic mass is 32.2. The van der Waals surface area contributed by atoms with Crippen LogP contribution in [-0.4, -0.2) is 28.0 Å². The van der Waals surface area contributed by atoms with Gasteiger partial charge >= 0.3 is 0 Å². The van der Waals surface area contributed by atoms with Crippen LogP contribution in [0.3, 0.4) is 0 Å². The first-order valence-electron chi connectivity index (χ1n) is 6.13. The Bertz CT molecular complexity index is 355. The zero-order valence-corrected chi connectivity index (χ0v) is 11.7.